The van der Waals surface area contributed by atoms with Gasteiger partial charge in [-0.15, -0.1) is 0 Å². The molecule has 0 aliphatic rings. The van der Waals surface area contributed by atoms with Gasteiger partial charge < -0.3 is 10.1 Å². The van der Waals surface area contributed by atoms with E-state index < -0.39 is 0 Å². The molecule has 1 N–H and O–H groups in total. The van der Waals surface area contributed by atoms with Crippen LogP contribution in [0.5, 0.6) is 0 Å². The van der Waals surface area contributed by atoms with Gasteiger partial charge in [-0.2, -0.15) is 0 Å². The number of carbonyl (C=O) groups is 1. The van der Waals surface area contributed by atoms with E-state index in [0.29, 0.717) is 6.61 Å². The van der Waals surface area contributed by atoms with Crippen LogP contribution in [-0.4, -0.2) is 26.7 Å². The first-order chi connectivity index (χ1) is 9.18. The highest BCUT2D eigenvalue weighted by Gasteiger charge is 1.94. The summed E-state index contributed by atoms with van der Waals surface area (Å²) in [5.41, 5.74) is 0. The summed E-state index contributed by atoms with van der Waals surface area (Å²) >= 11 is 0. The molecular weight excluding hydrogens is 238 g/mol. The molecule has 0 unspecified atom stereocenters. The summed E-state index contributed by atoms with van der Waals surface area (Å²) in [5, 5.41) is 2.75. The Hall–Kier alpha value is -0.570. The molecule has 19 heavy (non-hydrogen) atoms. The Morgan fingerprint density at radius 2 is 1.21 bits per heavy atom. The molecule has 0 bridgehead atoms. The number of nitrogens with one attached hydrogen (secondary N) is 1. The van der Waals surface area contributed by atoms with Crippen LogP contribution >= 0.6 is 0 Å². The predicted molar refractivity (Wildman–Crippen MR) is 83.5 cm³/mol. The van der Waals surface area contributed by atoms with Gasteiger partial charge in [0.2, 0.25) is 0 Å². The van der Waals surface area contributed by atoms with E-state index in [0.717, 1.165) is 6.42 Å². The Labute approximate surface area is 120 Å². The molecule has 0 amide bonds. The maximum absolute atomic E-state index is 10.5. The Morgan fingerprint density at radius 1 is 0.842 bits per heavy atom. The van der Waals surface area contributed by atoms with Crippen molar-refractivity contribution in [1.29, 1.82) is 0 Å². The molecule has 0 saturated heterocycles. The van der Waals surface area contributed by atoms with Crippen LogP contribution in [0.4, 0.5) is 0 Å². The first-order valence-corrected chi connectivity index (χ1v) is 7.90. The van der Waals surface area contributed by atoms with E-state index >= 15 is 0 Å². The molecular formula is C16H35NO2. The smallest absolute Gasteiger partial charge is 0.302 e. The molecule has 0 aromatic carbocycles. The Morgan fingerprint density at radius 3 is 1.58 bits per heavy atom. The molecule has 0 aliphatic heterocycles. The number of rotatable bonds is 11. The molecule has 0 aromatic heterocycles. The van der Waals surface area contributed by atoms with Crippen molar-refractivity contribution in [1.82, 2.24) is 5.32 Å². The number of hydrogen-bond acceptors (Lipinski definition) is 3. The lowest BCUT2D eigenvalue weighted by atomic mass is 10.1. The SMILES string of the molecule is CCCCCCCCCCCCOC(C)=O.CNC. The molecule has 116 valence electrons. The molecule has 0 heterocycles. The van der Waals surface area contributed by atoms with Crippen LogP contribution in [0.1, 0.15) is 78.1 Å². The van der Waals surface area contributed by atoms with Crippen molar-refractivity contribution in [2.24, 2.45) is 0 Å². The van der Waals surface area contributed by atoms with Crippen LogP contribution in [0.25, 0.3) is 0 Å². The zero-order chi connectivity index (χ0) is 14.8. The van der Waals surface area contributed by atoms with E-state index in [2.05, 4.69) is 12.2 Å². The lowest BCUT2D eigenvalue weighted by Gasteiger charge is -2.02. The van der Waals surface area contributed by atoms with Gasteiger partial charge in [-0.05, 0) is 20.5 Å². The van der Waals surface area contributed by atoms with Gasteiger partial charge in [0.1, 0.15) is 0 Å². The van der Waals surface area contributed by atoms with Crippen LogP contribution in [0.15, 0.2) is 0 Å². The normalized spacial score (nSPS) is 9.68. The van der Waals surface area contributed by atoms with Crippen molar-refractivity contribution >= 4 is 5.97 Å². The molecule has 0 aliphatic carbocycles. The first-order valence-electron chi connectivity index (χ1n) is 7.90. The second-order valence-corrected chi connectivity index (χ2v) is 5.02. The highest BCUT2D eigenvalue weighted by atomic mass is 16.5. The molecule has 0 rings (SSSR count). The summed E-state index contributed by atoms with van der Waals surface area (Å²) in [6.45, 7) is 4.32. The van der Waals surface area contributed by atoms with Gasteiger partial charge >= 0.3 is 5.97 Å². The highest BCUT2D eigenvalue weighted by molar-refractivity contribution is 5.65. The molecule has 0 radical (unpaired) electrons. The second-order valence-electron chi connectivity index (χ2n) is 5.02. The average Bonchev–Trinajstić information content (AvgIpc) is 2.36. The predicted octanol–water partition coefficient (Wildman–Crippen LogP) is 4.31. The zero-order valence-electron chi connectivity index (χ0n) is 13.6. The van der Waals surface area contributed by atoms with Crippen LogP contribution in [0.2, 0.25) is 0 Å². The zero-order valence-corrected chi connectivity index (χ0v) is 13.6. The quantitative estimate of drug-likeness (QED) is 0.450. The summed E-state index contributed by atoms with van der Waals surface area (Å²) in [6, 6.07) is 0. The maximum Gasteiger partial charge on any atom is 0.302 e. The van der Waals surface area contributed by atoms with Gasteiger partial charge in [0.05, 0.1) is 6.61 Å². The first kappa shape index (κ1) is 20.7. The number of esters is 1. The van der Waals surface area contributed by atoms with Gasteiger partial charge in [-0.3, -0.25) is 4.79 Å². The lowest BCUT2D eigenvalue weighted by molar-refractivity contribution is -0.141. The van der Waals surface area contributed by atoms with E-state index in [1.165, 1.54) is 64.7 Å². The van der Waals surface area contributed by atoms with Crippen LogP contribution < -0.4 is 5.32 Å². The monoisotopic (exact) mass is 273 g/mol. The number of hydrogen-bond donors (Lipinski definition) is 1. The Kier molecular flexibility index (Phi) is 21.6. The van der Waals surface area contributed by atoms with Gasteiger partial charge in [0, 0.05) is 6.92 Å². The fourth-order valence-corrected chi connectivity index (χ4v) is 1.81. The summed E-state index contributed by atoms with van der Waals surface area (Å²) in [7, 11) is 3.75. The van der Waals surface area contributed by atoms with Crippen LogP contribution in [-0.2, 0) is 9.53 Å². The number of ether oxygens (including phenoxy) is 1. The van der Waals surface area contributed by atoms with Crippen molar-refractivity contribution in [3.05, 3.63) is 0 Å². The Balaban J connectivity index is 0. The van der Waals surface area contributed by atoms with E-state index in [9.17, 15) is 4.79 Å². The highest BCUT2D eigenvalue weighted by Crippen LogP contribution is 2.10. The molecule has 0 saturated carbocycles. The second kappa shape index (κ2) is 19.8. The third-order valence-electron chi connectivity index (χ3n) is 2.80. The standard InChI is InChI=1S/C14H28O2.C2H7N/c1-3-4-5-6-7-8-9-10-11-12-13-16-14(2)15;1-3-2/h3-13H2,1-2H3;3H,1-2H3. The average molecular weight is 273 g/mol. The van der Waals surface area contributed by atoms with Crippen molar-refractivity contribution in [3.8, 4) is 0 Å². The van der Waals surface area contributed by atoms with Crippen molar-refractivity contribution < 1.29 is 9.53 Å². The van der Waals surface area contributed by atoms with E-state index in [-0.39, 0.29) is 5.97 Å². The molecule has 0 atom stereocenters. The lowest BCUT2D eigenvalue weighted by Crippen LogP contribution is -2.00. The van der Waals surface area contributed by atoms with Crippen LogP contribution in [0, 0.1) is 0 Å². The Bertz CT molecular complexity index is 172. The third-order valence-corrected chi connectivity index (χ3v) is 2.80. The van der Waals surface area contributed by atoms with Crippen molar-refractivity contribution in [2.45, 2.75) is 78.1 Å². The van der Waals surface area contributed by atoms with Crippen molar-refractivity contribution in [3.63, 3.8) is 0 Å². The topological polar surface area (TPSA) is 38.3 Å². The summed E-state index contributed by atoms with van der Waals surface area (Å²) in [6.07, 6.45) is 13.1. The summed E-state index contributed by atoms with van der Waals surface area (Å²) < 4.78 is 4.87. The largest absolute Gasteiger partial charge is 0.466 e. The van der Waals surface area contributed by atoms with Gasteiger partial charge in [-0.1, -0.05) is 64.7 Å². The fraction of sp³-hybridized carbons (Fsp3) is 0.938. The van der Waals surface area contributed by atoms with Gasteiger partial charge in [0.15, 0.2) is 0 Å². The minimum Gasteiger partial charge on any atom is -0.466 e. The maximum atomic E-state index is 10.5. The van der Waals surface area contributed by atoms with E-state index in [1.54, 1.807) is 0 Å². The van der Waals surface area contributed by atoms with Gasteiger partial charge in [-0.25, -0.2) is 0 Å². The fourth-order valence-electron chi connectivity index (χ4n) is 1.81. The third kappa shape index (κ3) is 26.9. The molecule has 0 fully saturated rings. The van der Waals surface area contributed by atoms with Crippen molar-refractivity contribution in [2.75, 3.05) is 20.7 Å². The van der Waals surface area contributed by atoms with E-state index in [4.69, 9.17) is 4.74 Å². The summed E-state index contributed by atoms with van der Waals surface area (Å²) in [4.78, 5) is 10.5. The van der Waals surface area contributed by atoms with Gasteiger partial charge in [0.25, 0.3) is 0 Å². The van der Waals surface area contributed by atoms with Crippen LogP contribution in [0.3, 0.4) is 0 Å². The molecule has 0 aromatic rings. The summed E-state index contributed by atoms with van der Waals surface area (Å²) in [5.74, 6) is -0.157. The minimum absolute atomic E-state index is 0.157. The number of unbranched alkanes of at least 4 members (excludes halogenated alkanes) is 9. The minimum atomic E-state index is -0.157. The van der Waals surface area contributed by atoms with E-state index in [1.807, 2.05) is 14.1 Å². The number of carbonyl (C=O) groups excluding carboxylic acids is 1. The molecule has 3 heteroatoms. The molecule has 3 nitrogen and oxygen atoms in total. The molecule has 0 spiro atoms.